The number of hydrogen-bond donors (Lipinski definition) is 2. The number of methoxy groups -OCH3 is 1. The largest absolute Gasteiger partial charge is 0.481 e. The van der Waals surface area contributed by atoms with Crippen LogP contribution in [0.1, 0.15) is 31.4 Å². The van der Waals surface area contributed by atoms with Gasteiger partial charge < -0.3 is 10.5 Å². The van der Waals surface area contributed by atoms with E-state index in [2.05, 4.69) is 15.3 Å². The topological polar surface area (TPSA) is 90.1 Å². The lowest BCUT2D eigenvalue weighted by Gasteiger charge is -2.37. The van der Waals surface area contributed by atoms with Crippen LogP contribution in [0.25, 0.3) is 0 Å². The second-order valence-electron chi connectivity index (χ2n) is 4.82. The molecule has 0 spiro atoms. The van der Waals surface area contributed by atoms with Gasteiger partial charge in [-0.15, -0.1) is 0 Å². The highest BCUT2D eigenvalue weighted by Gasteiger charge is 2.34. The molecule has 1 aromatic rings. The van der Waals surface area contributed by atoms with Crippen LogP contribution in [-0.4, -0.2) is 28.5 Å². The van der Waals surface area contributed by atoms with E-state index in [4.69, 9.17) is 10.5 Å². The third kappa shape index (κ3) is 2.95. The van der Waals surface area contributed by atoms with E-state index in [-0.39, 0.29) is 17.4 Å². The van der Waals surface area contributed by atoms with Crippen molar-refractivity contribution in [1.29, 1.82) is 0 Å². The number of amides is 1. The predicted molar refractivity (Wildman–Crippen MR) is 67.3 cm³/mol. The SMILES string of the molecule is COc1cc(C)nc(NC(=O)CC2(N)CCC2)n1. The summed E-state index contributed by atoms with van der Waals surface area (Å²) >= 11 is 0. The summed E-state index contributed by atoms with van der Waals surface area (Å²) in [5.74, 6) is 0.550. The van der Waals surface area contributed by atoms with Gasteiger partial charge in [0.05, 0.1) is 7.11 Å². The molecule has 0 unspecified atom stereocenters. The minimum atomic E-state index is -0.335. The number of nitrogens with two attached hydrogens (primary N) is 1. The molecule has 1 heterocycles. The van der Waals surface area contributed by atoms with Gasteiger partial charge in [-0.2, -0.15) is 4.98 Å². The first kappa shape index (κ1) is 12.8. The highest BCUT2D eigenvalue weighted by molar-refractivity contribution is 5.89. The van der Waals surface area contributed by atoms with Gasteiger partial charge in [-0.1, -0.05) is 0 Å². The van der Waals surface area contributed by atoms with E-state index in [9.17, 15) is 4.79 Å². The van der Waals surface area contributed by atoms with Crippen LogP contribution < -0.4 is 15.8 Å². The zero-order chi connectivity index (χ0) is 13.2. The zero-order valence-corrected chi connectivity index (χ0v) is 10.7. The second-order valence-corrected chi connectivity index (χ2v) is 4.82. The van der Waals surface area contributed by atoms with Crippen LogP contribution in [0.5, 0.6) is 5.88 Å². The number of ether oxygens (including phenoxy) is 1. The summed E-state index contributed by atoms with van der Waals surface area (Å²) < 4.78 is 5.02. The Balaban J connectivity index is 2.00. The first-order chi connectivity index (χ1) is 8.50. The second kappa shape index (κ2) is 4.89. The Labute approximate surface area is 106 Å². The van der Waals surface area contributed by atoms with Crippen LogP contribution in [0.4, 0.5) is 5.95 Å². The molecule has 0 atom stereocenters. The van der Waals surface area contributed by atoms with Crippen molar-refractivity contribution in [1.82, 2.24) is 9.97 Å². The van der Waals surface area contributed by atoms with Gasteiger partial charge in [-0.3, -0.25) is 10.1 Å². The maximum atomic E-state index is 11.8. The number of nitrogens with one attached hydrogen (secondary N) is 1. The predicted octanol–water partition coefficient (Wildman–Crippen LogP) is 1.00. The molecule has 0 radical (unpaired) electrons. The van der Waals surface area contributed by atoms with Gasteiger partial charge in [0.2, 0.25) is 17.7 Å². The van der Waals surface area contributed by atoms with Gasteiger partial charge >= 0.3 is 0 Å². The Morgan fingerprint density at radius 2 is 2.28 bits per heavy atom. The summed E-state index contributed by atoms with van der Waals surface area (Å²) in [5, 5.41) is 2.66. The molecule has 0 aliphatic heterocycles. The molecular formula is C12H18N4O2. The van der Waals surface area contributed by atoms with Crippen molar-refractivity contribution in [2.75, 3.05) is 12.4 Å². The Hall–Kier alpha value is -1.69. The first-order valence-corrected chi connectivity index (χ1v) is 5.99. The molecular weight excluding hydrogens is 232 g/mol. The Bertz CT molecular complexity index is 457. The van der Waals surface area contributed by atoms with Crippen LogP contribution in [0, 0.1) is 6.92 Å². The normalized spacial score (nSPS) is 16.8. The van der Waals surface area contributed by atoms with Gasteiger partial charge in [0.1, 0.15) is 0 Å². The van der Waals surface area contributed by atoms with E-state index in [0.29, 0.717) is 12.3 Å². The summed E-state index contributed by atoms with van der Waals surface area (Å²) in [6, 6.07) is 1.70. The molecule has 18 heavy (non-hydrogen) atoms. The van der Waals surface area contributed by atoms with Crippen molar-refractivity contribution < 1.29 is 9.53 Å². The molecule has 1 amide bonds. The number of aryl methyl sites for hydroxylation is 1. The van der Waals surface area contributed by atoms with Crippen molar-refractivity contribution in [3.63, 3.8) is 0 Å². The van der Waals surface area contributed by atoms with Gasteiger partial charge in [0.15, 0.2) is 0 Å². The lowest BCUT2D eigenvalue weighted by atomic mass is 9.75. The maximum Gasteiger partial charge on any atom is 0.232 e. The average Bonchev–Trinajstić information content (AvgIpc) is 2.25. The lowest BCUT2D eigenvalue weighted by molar-refractivity contribution is -0.118. The number of nitrogens with zero attached hydrogens (tertiary/aromatic N) is 2. The zero-order valence-electron chi connectivity index (χ0n) is 10.7. The monoisotopic (exact) mass is 250 g/mol. The van der Waals surface area contributed by atoms with E-state index in [0.717, 1.165) is 25.0 Å². The van der Waals surface area contributed by atoms with Crippen LogP contribution in [-0.2, 0) is 4.79 Å². The van der Waals surface area contributed by atoms with Crippen molar-refractivity contribution in [2.24, 2.45) is 5.73 Å². The number of carbonyl (C=O) groups excluding carboxylic acids is 1. The third-order valence-electron chi connectivity index (χ3n) is 3.15. The number of carbonyl (C=O) groups is 1. The summed E-state index contributed by atoms with van der Waals surface area (Å²) in [7, 11) is 1.52. The molecule has 6 heteroatoms. The van der Waals surface area contributed by atoms with Gasteiger partial charge in [0, 0.05) is 23.7 Å². The van der Waals surface area contributed by atoms with E-state index >= 15 is 0 Å². The minimum Gasteiger partial charge on any atom is -0.481 e. The van der Waals surface area contributed by atoms with Gasteiger partial charge in [-0.05, 0) is 26.2 Å². The number of hydrogen-bond acceptors (Lipinski definition) is 5. The first-order valence-electron chi connectivity index (χ1n) is 5.99. The van der Waals surface area contributed by atoms with E-state index in [1.54, 1.807) is 6.07 Å². The molecule has 1 aromatic heterocycles. The molecule has 1 saturated carbocycles. The minimum absolute atomic E-state index is 0.148. The molecule has 2 rings (SSSR count). The standard InChI is InChI=1S/C12H18N4O2/c1-8-6-10(18-2)16-11(14-8)15-9(17)7-12(13)4-3-5-12/h6H,3-5,7,13H2,1-2H3,(H,14,15,16,17). The average molecular weight is 250 g/mol. The van der Waals surface area contributed by atoms with E-state index < -0.39 is 0 Å². The fourth-order valence-corrected chi connectivity index (χ4v) is 2.00. The molecule has 3 N–H and O–H groups in total. The number of rotatable bonds is 4. The highest BCUT2D eigenvalue weighted by Crippen LogP contribution is 2.32. The number of anilines is 1. The van der Waals surface area contributed by atoms with Crippen molar-refractivity contribution in [2.45, 2.75) is 38.1 Å². The molecule has 1 fully saturated rings. The van der Waals surface area contributed by atoms with Crippen LogP contribution in [0.2, 0.25) is 0 Å². The third-order valence-corrected chi connectivity index (χ3v) is 3.15. The quantitative estimate of drug-likeness (QED) is 0.832. The Morgan fingerprint density at radius 3 is 2.83 bits per heavy atom. The molecule has 6 nitrogen and oxygen atoms in total. The fourth-order valence-electron chi connectivity index (χ4n) is 2.00. The summed E-state index contributed by atoms with van der Waals surface area (Å²) in [4.78, 5) is 20.0. The molecule has 98 valence electrons. The summed E-state index contributed by atoms with van der Waals surface area (Å²) in [6.07, 6.45) is 3.21. The summed E-state index contributed by atoms with van der Waals surface area (Å²) in [6.45, 7) is 1.82. The number of aromatic nitrogens is 2. The summed E-state index contributed by atoms with van der Waals surface area (Å²) in [5.41, 5.74) is 6.42. The molecule has 1 aliphatic carbocycles. The molecule has 0 aromatic carbocycles. The van der Waals surface area contributed by atoms with Crippen molar-refractivity contribution in [3.05, 3.63) is 11.8 Å². The fraction of sp³-hybridized carbons (Fsp3) is 0.583. The molecule has 1 aliphatic rings. The Kier molecular flexibility index (Phi) is 3.47. The van der Waals surface area contributed by atoms with Gasteiger partial charge in [-0.25, -0.2) is 4.98 Å². The highest BCUT2D eigenvalue weighted by atomic mass is 16.5. The van der Waals surface area contributed by atoms with Gasteiger partial charge in [0.25, 0.3) is 0 Å². The van der Waals surface area contributed by atoms with Crippen molar-refractivity contribution in [3.8, 4) is 5.88 Å². The van der Waals surface area contributed by atoms with Crippen LogP contribution >= 0.6 is 0 Å². The van der Waals surface area contributed by atoms with E-state index in [1.165, 1.54) is 7.11 Å². The molecule has 0 bridgehead atoms. The lowest BCUT2D eigenvalue weighted by Crippen LogP contribution is -2.49. The van der Waals surface area contributed by atoms with Crippen molar-refractivity contribution >= 4 is 11.9 Å². The maximum absolute atomic E-state index is 11.8. The van der Waals surface area contributed by atoms with Crippen LogP contribution in [0.15, 0.2) is 6.07 Å². The smallest absolute Gasteiger partial charge is 0.232 e. The Morgan fingerprint density at radius 1 is 1.56 bits per heavy atom. The van der Waals surface area contributed by atoms with Crippen LogP contribution in [0.3, 0.4) is 0 Å². The van der Waals surface area contributed by atoms with E-state index in [1.807, 2.05) is 6.92 Å². The molecule has 0 saturated heterocycles.